The van der Waals surface area contributed by atoms with Gasteiger partial charge in [0.1, 0.15) is 6.42 Å². The molecule has 0 spiro atoms. The third-order valence-corrected chi connectivity index (χ3v) is 1.32. The van der Waals surface area contributed by atoms with Gasteiger partial charge in [0.05, 0.1) is 0 Å². The summed E-state index contributed by atoms with van der Waals surface area (Å²) in [5, 5.41) is 5.23. The molecule has 10 heavy (non-hydrogen) atoms. The first-order valence-electron chi connectivity index (χ1n) is 3.32. The van der Waals surface area contributed by atoms with E-state index in [-0.39, 0.29) is 18.2 Å². The lowest BCUT2D eigenvalue weighted by Gasteiger charge is -2.10. The molecule has 1 heterocycles. The van der Waals surface area contributed by atoms with Crippen molar-refractivity contribution in [3.05, 3.63) is 0 Å². The Morgan fingerprint density at radius 2 is 1.50 bits per heavy atom. The molecular formula is C6H10N2O2. The fourth-order valence-corrected chi connectivity index (χ4v) is 0.815. The summed E-state index contributed by atoms with van der Waals surface area (Å²) in [5.41, 5.74) is 0. The van der Waals surface area contributed by atoms with Crippen LogP contribution in [-0.2, 0) is 9.59 Å². The predicted octanol–water partition coefficient (Wildman–Crippen LogP) is -0.987. The highest BCUT2D eigenvalue weighted by Gasteiger charge is 2.10. The second kappa shape index (κ2) is 3.20. The molecule has 1 aliphatic heterocycles. The van der Waals surface area contributed by atoms with Gasteiger partial charge in [-0.3, -0.25) is 9.59 Å². The van der Waals surface area contributed by atoms with Gasteiger partial charge in [-0.1, -0.05) is 0 Å². The third kappa shape index (κ3) is 2.05. The second-order valence-corrected chi connectivity index (χ2v) is 2.23. The minimum atomic E-state index is -0.183. The highest BCUT2D eigenvalue weighted by molar-refractivity contribution is 5.97. The number of amides is 2. The lowest BCUT2D eigenvalue weighted by Crippen LogP contribution is -2.37. The Morgan fingerprint density at radius 1 is 1.00 bits per heavy atom. The van der Waals surface area contributed by atoms with E-state index in [0.29, 0.717) is 13.1 Å². The van der Waals surface area contributed by atoms with Crippen LogP contribution in [0.2, 0.25) is 0 Å². The number of carbonyl (C=O) groups excluding carboxylic acids is 2. The monoisotopic (exact) mass is 142 g/mol. The fourth-order valence-electron chi connectivity index (χ4n) is 0.815. The number of carbonyl (C=O) groups is 2. The number of hydrogen-bond acceptors (Lipinski definition) is 2. The molecule has 1 aliphatic rings. The van der Waals surface area contributed by atoms with Gasteiger partial charge in [-0.05, 0) is 6.42 Å². The average molecular weight is 142 g/mol. The lowest BCUT2D eigenvalue weighted by atomic mass is 10.3. The molecule has 2 amide bonds. The molecule has 1 fully saturated rings. The molecule has 0 unspecified atom stereocenters. The molecule has 1 rings (SSSR count). The van der Waals surface area contributed by atoms with E-state index < -0.39 is 0 Å². The van der Waals surface area contributed by atoms with Crippen LogP contribution in [0.5, 0.6) is 0 Å². The summed E-state index contributed by atoms with van der Waals surface area (Å²) in [6.07, 6.45) is 0.789. The van der Waals surface area contributed by atoms with Crippen LogP contribution in [0.4, 0.5) is 0 Å². The zero-order chi connectivity index (χ0) is 7.40. The van der Waals surface area contributed by atoms with Gasteiger partial charge in [0, 0.05) is 13.1 Å². The molecule has 0 radical (unpaired) electrons. The maximum Gasteiger partial charge on any atom is 0.229 e. The number of rotatable bonds is 0. The minimum absolute atomic E-state index is 0.0278. The van der Waals surface area contributed by atoms with E-state index in [1.54, 1.807) is 0 Å². The van der Waals surface area contributed by atoms with E-state index in [0.717, 1.165) is 6.42 Å². The molecular weight excluding hydrogens is 132 g/mol. The first kappa shape index (κ1) is 7.05. The average Bonchev–Trinajstić information content (AvgIpc) is 1.83. The first-order chi connectivity index (χ1) is 4.79. The smallest absolute Gasteiger partial charge is 0.229 e. The lowest BCUT2D eigenvalue weighted by molar-refractivity contribution is -0.129. The first-order valence-corrected chi connectivity index (χ1v) is 3.32. The largest absolute Gasteiger partial charge is 0.356 e. The van der Waals surface area contributed by atoms with E-state index in [1.165, 1.54) is 0 Å². The van der Waals surface area contributed by atoms with Crippen molar-refractivity contribution in [1.82, 2.24) is 10.6 Å². The topological polar surface area (TPSA) is 58.2 Å². The predicted molar refractivity (Wildman–Crippen MR) is 35.3 cm³/mol. The van der Waals surface area contributed by atoms with Crippen LogP contribution in [-0.4, -0.2) is 24.9 Å². The van der Waals surface area contributed by atoms with Gasteiger partial charge in [-0.25, -0.2) is 0 Å². The molecule has 0 bridgehead atoms. The molecule has 4 nitrogen and oxygen atoms in total. The normalized spacial score (nSPS) is 20.4. The highest BCUT2D eigenvalue weighted by atomic mass is 16.2. The van der Waals surface area contributed by atoms with Crippen LogP contribution in [0, 0.1) is 0 Å². The Bertz CT molecular complexity index is 140. The molecule has 0 aliphatic carbocycles. The fraction of sp³-hybridized carbons (Fsp3) is 0.667. The molecule has 4 heteroatoms. The van der Waals surface area contributed by atoms with Gasteiger partial charge in [0.15, 0.2) is 0 Å². The van der Waals surface area contributed by atoms with Crippen molar-refractivity contribution in [1.29, 1.82) is 0 Å². The molecule has 56 valence electrons. The molecule has 2 N–H and O–H groups in total. The van der Waals surface area contributed by atoms with Gasteiger partial charge < -0.3 is 10.6 Å². The van der Waals surface area contributed by atoms with Crippen molar-refractivity contribution < 1.29 is 9.59 Å². The summed E-state index contributed by atoms with van der Waals surface area (Å²) in [7, 11) is 0. The van der Waals surface area contributed by atoms with E-state index in [2.05, 4.69) is 10.6 Å². The Hall–Kier alpha value is -1.06. The van der Waals surface area contributed by atoms with E-state index in [9.17, 15) is 9.59 Å². The molecule has 1 saturated heterocycles. The summed E-state index contributed by atoms with van der Waals surface area (Å²) in [6, 6.07) is 0. The highest BCUT2D eigenvalue weighted by Crippen LogP contribution is 1.85. The summed E-state index contributed by atoms with van der Waals surface area (Å²) < 4.78 is 0. The van der Waals surface area contributed by atoms with Crippen molar-refractivity contribution in [2.24, 2.45) is 0 Å². The summed E-state index contributed by atoms with van der Waals surface area (Å²) in [5.74, 6) is -0.366. The quantitative estimate of drug-likeness (QED) is 0.427. The van der Waals surface area contributed by atoms with E-state index in [1.807, 2.05) is 0 Å². The Kier molecular flexibility index (Phi) is 2.25. The van der Waals surface area contributed by atoms with E-state index in [4.69, 9.17) is 0 Å². The van der Waals surface area contributed by atoms with Crippen LogP contribution >= 0.6 is 0 Å². The maximum atomic E-state index is 10.7. The zero-order valence-electron chi connectivity index (χ0n) is 5.64. The van der Waals surface area contributed by atoms with Crippen LogP contribution in [0.3, 0.4) is 0 Å². The standard InChI is InChI=1S/C6H10N2O2/c9-5-4-6(10)8-3-1-2-7-5/h1-4H2,(H,7,9)(H,8,10). The Balaban J connectivity index is 2.40. The maximum absolute atomic E-state index is 10.7. The summed E-state index contributed by atoms with van der Waals surface area (Å²) in [6.45, 7) is 1.33. The van der Waals surface area contributed by atoms with Crippen molar-refractivity contribution in [2.45, 2.75) is 12.8 Å². The van der Waals surface area contributed by atoms with Gasteiger partial charge in [0.2, 0.25) is 11.8 Å². The zero-order valence-corrected chi connectivity index (χ0v) is 5.64. The second-order valence-electron chi connectivity index (χ2n) is 2.23. The third-order valence-electron chi connectivity index (χ3n) is 1.32. The van der Waals surface area contributed by atoms with E-state index >= 15 is 0 Å². The minimum Gasteiger partial charge on any atom is -0.356 e. The molecule has 0 aromatic rings. The van der Waals surface area contributed by atoms with Gasteiger partial charge in [-0.15, -0.1) is 0 Å². The molecule has 0 atom stereocenters. The summed E-state index contributed by atoms with van der Waals surface area (Å²) in [4.78, 5) is 21.3. The van der Waals surface area contributed by atoms with Crippen LogP contribution in [0.25, 0.3) is 0 Å². The summed E-state index contributed by atoms with van der Waals surface area (Å²) >= 11 is 0. The van der Waals surface area contributed by atoms with Gasteiger partial charge in [0.25, 0.3) is 0 Å². The number of nitrogens with one attached hydrogen (secondary N) is 2. The van der Waals surface area contributed by atoms with Crippen molar-refractivity contribution in [2.75, 3.05) is 13.1 Å². The number of hydrogen-bond donors (Lipinski definition) is 2. The Morgan fingerprint density at radius 3 is 2.00 bits per heavy atom. The molecule has 0 saturated carbocycles. The van der Waals surface area contributed by atoms with Crippen LogP contribution < -0.4 is 10.6 Å². The van der Waals surface area contributed by atoms with Crippen molar-refractivity contribution in [3.8, 4) is 0 Å². The SMILES string of the molecule is O=C1CC(=O)NCCCN1. The molecule has 0 aromatic heterocycles. The Labute approximate surface area is 59.0 Å². The van der Waals surface area contributed by atoms with Crippen LogP contribution in [0.1, 0.15) is 12.8 Å². The molecule has 0 aromatic carbocycles. The van der Waals surface area contributed by atoms with Gasteiger partial charge >= 0.3 is 0 Å². The van der Waals surface area contributed by atoms with Crippen molar-refractivity contribution >= 4 is 11.8 Å². The van der Waals surface area contributed by atoms with Crippen LogP contribution in [0.15, 0.2) is 0 Å². The van der Waals surface area contributed by atoms with Gasteiger partial charge in [-0.2, -0.15) is 0 Å². The van der Waals surface area contributed by atoms with Crippen molar-refractivity contribution in [3.63, 3.8) is 0 Å².